The van der Waals surface area contributed by atoms with Gasteiger partial charge in [0.15, 0.2) is 5.16 Å². The molecule has 7 heteroatoms. The Morgan fingerprint density at radius 1 is 1.27 bits per heavy atom. The molecule has 0 saturated carbocycles. The monoisotopic (exact) mass is 369 g/mol. The Bertz CT molecular complexity index is 827. The standard InChI is InChI=1S/C19H23N5OS/c1-12-4-2-3-5-13(12)11-26-19-22-16(20)7-17(23-19)24-9-14-6-18(25)21-8-15(14)10-24/h2-5,7,14-15H,6,8-11H2,1H3,(H,21,25)(H2,20,22,23)/t14-,15+/m1/s1. The van der Waals surface area contributed by atoms with Gasteiger partial charge in [0.25, 0.3) is 0 Å². The molecule has 2 saturated heterocycles. The number of carbonyl (C=O) groups is 1. The highest BCUT2D eigenvalue weighted by molar-refractivity contribution is 7.98. The number of nitrogens with two attached hydrogens (primary N) is 1. The van der Waals surface area contributed by atoms with Crippen LogP contribution >= 0.6 is 11.8 Å². The van der Waals surface area contributed by atoms with Crippen molar-refractivity contribution < 1.29 is 4.79 Å². The summed E-state index contributed by atoms with van der Waals surface area (Å²) in [4.78, 5) is 23.0. The average molecular weight is 369 g/mol. The number of aryl methyl sites for hydroxylation is 1. The van der Waals surface area contributed by atoms with Crippen molar-refractivity contribution in [1.29, 1.82) is 0 Å². The van der Waals surface area contributed by atoms with Crippen LogP contribution in [0.2, 0.25) is 0 Å². The molecule has 0 radical (unpaired) electrons. The summed E-state index contributed by atoms with van der Waals surface area (Å²) in [7, 11) is 0. The molecule has 3 heterocycles. The summed E-state index contributed by atoms with van der Waals surface area (Å²) < 4.78 is 0. The second-order valence-electron chi connectivity index (χ2n) is 7.08. The minimum Gasteiger partial charge on any atom is -0.383 e. The van der Waals surface area contributed by atoms with Gasteiger partial charge >= 0.3 is 0 Å². The van der Waals surface area contributed by atoms with Crippen LogP contribution in [-0.4, -0.2) is 35.5 Å². The van der Waals surface area contributed by atoms with Gasteiger partial charge in [-0.25, -0.2) is 9.97 Å². The van der Waals surface area contributed by atoms with Crippen molar-refractivity contribution in [2.45, 2.75) is 24.3 Å². The Morgan fingerprint density at radius 2 is 2.08 bits per heavy atom. The van der Waals surface area contributed by atoms with E-state index in [2.05, 4.69) is 40.3 Å². The van der Waals surface area contributed by atoms with Crippen molar-refractivity contribution >= 4 is 29.3 Å². The molecular weight excluding hydrogens is 346 g/mol. The lowest BCUT2D eigenvalue weighted by Gasteiger charge is -2.23. The van der Waals surface area contributed by atoms with Crippen LogP contribution in [0.5, 0.6) is 0 Å². The van der Waals surface area contributed by atoms with Gasteiger partial charge in [-0.1, -0.05) is 36.0 Å². The van der Waals surface area contributed by atoms with E-state index >= 15 is 0 Å². The van der Waals surface area contributed by atoms with Crippen LogP contribution in [0.4, 0.5) is 11.6 Å². The molecule has 4 rings (SSSR count). The lowest BCUT2D eigenvalue weighted by Crippen LogP contribution is -2.39. The third-order valence-electron chi connectivity index (χ3n) is 5.24. The Kier molecular flexibility index (Phi) is 4.72. The molecule has 2 aliphatic rings. The van der Waals surface area contributed by atoms with Crippen LogP contribution in [0, 0.1) is 18.8 Å². The number of fused-ring (bicyclic) bond motifs is 1. The third kappa shape index (κ3) is 3.62. The lowest BCUT2D eigenvalue weighted by molar-refractivity contribution is -0.124. The molecule has 0 unspecified atom stereocenters. The van der Waals surface area contributed by atoms with E-state index < -0.39 is 0 Å². The lowest BCUT2D eigenvalue weighted by atomic mass is 9.89. The zero-order valence-corrected chi connectivity index (χ0v) is 15.6. The molecule has 136 valence electrons. The number of amides is 1. The van der Waals surface area contributed by atoms with Crippen molar-refractivity contribution in [3.63, 3.8) is 0 Å². The molecule has 1 aromatic carbocycles. The van der Waals surface area contributed by atoms with Crippen molar-refractivity contribution in [1.82, 2.24) is 15.3 Å². The predicted octanol–water partition coefficient (Wildman–Crippen LogP) is 2.23. The first kappa shape index (κ1) is 17.1. The normalized spacial score (nSPS) is 22.2. The fraction of sp³-hybridized carbons (Fsp3) is 0.421. The third-order valence-corrected chi connectivity index (χ3v) is 6.14. The number of anilines is 2. The summed E-state index contributed by atoms with van der Waals surface area (Å²) in [6.45, 7) is 4.64. The number of hydrogen-bond acceptors (Lipinski definition) is 6. The minimum absolute atomic E-state index is 0.157. The summed E-state index contributed by atoms with van der Waals surface area (Å²) in [6.07, 6.45) is 0.608. The minimum atomic E-state index is 0.157. The molecule has 0 aliphatic carbocycles. The fourth-order valence-electron chi connectivity index (χ4n) is 3.71. The predicted molar refractivity (Wildman–Crippen MR) is 104 cm³/mol. The number of carbonyl (C=O) groups excluding carboxylic acids is 1. The van der Waals surface area contributed by atoms with Crippen LogP contribution < -0.4 is 16.0 Å². The summed E-state index contributed by atoms with van der Waals surface area (Å²) in [5.74, 6) is 3.23. The molecule has 2 fully saturated rings. The van der Waals surface area contributed by atoms with Crippen molar-refractivity contribution in [3.05, 3.63) is 41.5 Å². The van der Waals surface area contributed by atoms with E-state index in [4.69, 9.17) is 10.7 Å². The molecule has 6 nitrogen and oxygen atoms in total. The number of nitrogens with zero attached hydrogens (tertiary/aromatic N) is 3. The fourth-order valence-corrected chi connectivity index (χ4v) is 4.65. The summed E-state index contributed by atoms with van der Waals surface area (Å²) >= 11 is 1.61. The van der Waals surface area contributed by atoms with E-state index in [1.54, 1.807) is 11.8 Å². The number of piperidine rings is 1. The van der Waals surface area contributed by atoms with Gasteiger partial charge in [0.2, 0.25) is 5.91 Å². The highest BCUT2D eigenvalue weighted by Crippen LogP contribution is 2.33. The van der Waals surface area contributed by atoms with Gasteiger partial charge < -0.3 is 16.0 Å². The van der Waals surface area contributed by atoms with Crippen LogP contribution in [0.3, 0.4) is 0 Å². The average Bonchev–Trinajstić information content (AvgIpc) is 3.04. The van der Waals surface area contributed by atoms with E-state index in [0.717, 1.165) is 31.2 Å². The summed E-state index contributed by atoms with van der Waals surface area (Å²) in [5, 5.41) is 3.67. The van der Waals surface area contributed by atoms with Gasteiger partial charge in [-0.2, -0.15) is 0 Å². The van der Waals surface area contributed by atoms with Crippen molar-refractivity contribution in [2.24, 2.45) is 11.8 Å². The smallest absolute Gasteiger partial charge is 0.220 e. The summed E-state index contributed by atoms with van der Waals surface area (Å²) in [6, 6.07) is 10.2. The number of benzene rings is 1. The zero-order chi connectivity index (χ0) is 18.1. The molecule has 3 N–H and O–H groups in total. The van der Waals surface area contributed by atoms with Gasteiger partial charge in [-0.05, 0) is 29.9 Å². The van der Waals surface area contributed by atoms with Crippen LogP contribution in [0.25, 0.3) is 0 Å². The highest BCUT2D eigenvalue weighted by atomic mass is 32.2. The van der Waals surface area contributed by atoms with Gasteiger partial charge in [-0.3, -0.25) is 4.79 Å². The molecular formula is C19H23N5OS. The van der Waals surface area contributed by atoms with Crippen LogP contribution in [0.1, 0.15) is 17.5 Å². The number of aromatic nitrogens is 2. The highest BCUT2D eigenvalue weighted by Gasteiger charge is 2.37. The molecule has 2 aromatic rings. The Morgan fingerprint density at radius 3 is 2.92 bits per heavy atom. The van der Waals surface area contributed by atoms with E-state index in [9.17, 15) is 4.79 Å². The number of nitrogens with one attached hydrogen (secondary N) is 1. The molecule has 1 amide bonds. The van der Waals surface area contributed by atoms with E-state index in [1.165, 1.54) is 11.1 Å². The van der Waals surface area contributed by atoms with Gasteiger partial charge in [0, 0.05) is 37.9 Å². The van der Waals surface area contributed by atoms with Crippen LogP contribution in [-0.2, 0) is 10.5 Å². The maximum absolute atomic E-state index is 11.6. The van der Waals surface area contributed by atoms with Crippen molar-refractivity contribution in [2.75, 3.05) is 30.3 Å². The second-order valence-corrected chi connectivity index (χ2v) is 8.02. The number of nitrogen functional groups attached to an aromatic ring is 1. The number of rotatable bonds is 4. The van der Waals surface area contributed by atoms with Gasteiger partial charge in [0.1, 0.15) is 11.6 Å². The number of hydrogen-bond donors (Lipinski definition) is 2. The molecule has 0 bridgehead atoms. The van der Waals surface area contributed by atoms with Crippen LogP contribution in [0.15, 0.2) is 35.5 Å². The first-order valence-electron chi connectivity index (χ1n) is 8.92. The quantitative estimate of drug-likeness (QED) is 0.635. The zero-order valence-electron chi connectivity index (χ0n) is 14.8. The number of thioether (sulfide) groups is 1. The van der Waals surface area contributed by atoms with Gasteiger partial charge in [-0.15, -0.1) is 0 Å². The van der Waals surface area contributed by atoms with E-state index in [1.807, 2.05) is 12.1 Å². The SMILES string of the molecule is Cc1ccccc1CSc1nc(N)cc(N2C[C@H]3CC(=O)NC[C@H]3C2)n1. The first-order valence-corrected chi connectivity index (χ1v) is 9.90. The first-order chi connectivity index (χ1) is 12.6. The maximum atomic E-state index is 11.6. The summed E-state index contributed by atoms with van der Waals surface area (Å²) in [5.41, 5.74) is 8.58. The maximum Gasteiger partial charge on any atom is 0.220 e. The Labute approximate surface area is 157 Å². The molecule has 0 spiro atoms. The van der Waals surface area contributed by atoms with E-state index in [0.29, 0.717) is 29.2 Å². The van der Waals surface area contributed by atoms with E-state index in [-0.39, 0.29) is 5.91 Å². The molecule has 1 aromatic heterocycles. The molecule has 26 heavy (non-hydrogen) atoms. The Balaban J connectivity index is 1.48. The molecule has 2 atom stereocenters. The van der Waals surface area contributed by atoms with Crippen molar-refractivity contribution in [3.8, 4) is 0 Å². The largest absolute Gasteiger partial charge is 0.383 e. The van der Waals surface area contributed by atoms with Gasteiger partial charge in [0.05, 0.1) is 0 Å². The molecule has 2 aliphatic heterocycles. The Hall–Kier alpha value is -2.28. The second kappa shape index (κ2) is 7.15. The topological polar surface area (TPSA) is 84.1 Å².